The van der Waals surface area contributed by atoms with Gasteiger partial charge in [-0.3, -0.25) is 0 Å². The van der Waals surface area contributed by atoms with Gasteiger partial charge in [-0.25, -0.2) is 4.98 Å². The van der Waals surface area contributed by atoms with E-state index in [1.54, 1.807) is 0 Å². The maximum absolute atomic E-state index is 6.26. The van der Waals surface area contributed by atoms with E-state index in [0.717, 1.165) is 23.8 Å². The average Bonchev–Trinajstić information content (AvgIpc) is 2.39. The summed E-state index contributed by atoms with van der Waals surface area (Å²) in [6.45, 7) is 1.54. The predicted octanol–water partition coefficient (Wildman–Crippen LogP) is 3.21. The molecular formula is C14H22ClN3. The molecule has 100 valence electrons. The summed E-state index contributed by atoms with van der Waals surface area (Å²) >= 11 is 6.26. The Labute approximate surface area is 114 Å². The van der Waals surface area contributed by atoms with E-state index in [9.17, 15) is 0 Å². The van der Waals surface area contributed by atoms with Gasteiger partial charge in [0.1, 0.15) is 5.82 Å². The second-order valence-corrected chi connectivity index (χ2v) is 5.64. The molecule has 1 aromatic heterocycles. The van der Waals surface area contributed by atoms with Gasteiger partial charge in [0.05, 0.1) is 5.02 Å². The van der Waals surface area contributed by atoms with E-state index in [1.165, 1.54) is 32.1 Å². The van der Waals surface area contributed by atoms with Gasteiger partial charge in [-0.2, -0.15) is 0 Å². The highest BCUT2D eigenvalue weighted by molar-refractivity contribution is 6.33. The van der Waals surface area contributed by atoms with Crippen LogP contribution < -0.4 is 10.6 Å². The lowest BCUT2D eigenvalue weighted by Gasteiger charge is -2.28. The summed E-state index contributed by atoms with van der Waals surface area (Å²) in [5.41, 5.74) is 6.56. The van der Waals surface area contributed by atoms with Gasteiger partial charge in [0.15, 0.2) is 0 Å². The molecule has 0 spiro atoms. The highest BCUT2D eigenvalue weighted by atomic mass is 35.5. The molecule has 0 radical (unpaired) electrons. The van der Waals surface area contributed by atoms with Crippen LogP contribution in [0.25, 0.3) is 0 Å². The standard InChI is InChI=1S/C14H22ClN3/c1-18(10-11-5-3-2-4-6-11)14-13(15)7-12(8-16)9-17-14/h7,9,11H,2-6,8,10,16H2,1H3. The van der Waals surface area contributed by atoms with Crippen molar-refractivity contribution in [3.63, 3.8) is 0 Å². The van der Waals surface area contributed by atoms with Crippen LogP contribution in [0.4, 0.5) is 5.82 Å². The summed E-state index contributed by atoms with van der Waals surface area (Å²) < 4.78 is 0. The van der Waals surface area contributed by atoms with Crippen LogP contribution in [0.1, 0.15) is 37.7 Å². The van der Waals surface area contributed by atoms with Crippen molar-refractivity contribution in [1.29, 1.82) is 0 Å². The van der Waals surface area contributed by atoms with Crippen LogP contribution in [0.15, 0.2) is 12.3 Å². The van der Waals surface area contributed by atoms with Crippen molar-refractivity contribution in [2.75, 3.05) is 18.5 Å². The van der Waals surface area contributed by atoms with E-state index in [0.29, 0.717) is 11.6 Å². The number of nitrogens with zero attached hydrogens (tertiary/aromatic N) is 2. The molecule has 3 nitrogen and oxygen atoms in total. The van der Waals surface area contributed by atoms with Crippen LogP contribution in [-0.2, 0) is 6.54 Å². The highest BCUT2D eigenvalue weighted by Crippen LogP contribution is 2.28. The fourth-order valence-electron chi connectivity index (χ4n) is 2.71. The topological polar surface area (TPSA) is 42.2 Å². The highest BCUT2D eigenvalue weighted by Gasteiger charge is 2.17. The SMILES string of the molecule is CN(CC1CCCCC1)c1ncc(CN)cc1Cl. The van der Waals surface area contributed by atoms with Crippen molar-refractivity contribution in [2.24, 2.45) is 11.7 Å². The zero-order valence-electron chi connectivity index (χ0n) is 11.0. The number of hydrogen-bond donors (Lipinski definition) is 1. The van der Waals surface area contributed by atoms with Gasteiger partial charge >= 0.3 is 0 Å². The Balaban J connectivity index is 2.01. The van der Waals surface area contributed by atoms with E-state index < -0.39 is 0 Å². The van der Waals surface area contributed by atoms with Gasteiger partial charge in [-0.15, -0.1) is 0 Å². The van der Waals surface area contributed by atoms with Crippen molar-refractivity contribution >= 4 is 17.4 Å². The van der Waals surface area contributed by atoms with Gasteiger partial charge in [0, 0.05) is 26.3 Å². The largest absolute Gasteiger partial charge is 0.358 e. The van der Waals surface area contributed by atoms with Crippen LogP contribution in [0.2, 0.25) is 5.02 Å². The van der Waals surface area contributed by atoms with Crippen LogP contribution in [0.3, 0.4) is 0 Å². The Morgan fingerprint density at radius 2 is 2.11 bits per heavy atom. The molecule has 1 heterocycles. The zero-order chi connectivity index (χ0) is 13.0. The first-order valence-electron chi connectivity index (χ1n) is 6.76. The minimum absolute atomic E-state index is 0.485. The molecule has 1 aliphatic rings. The van der Waals surface area contributed by atoms with E-state index in [1.807, 2.05) is 12.3 Å². The van der Waals surface area contributed by atoms with Gasteiger partial charge in [-0.1, -0.05) is 30.9 Å². The fourth-order valence-corrected chi connectivity index (χ4v) is 3.04. The maximum Gasteiger partial charge on any atom is 0.147 e. The first-order valence-corrected chi connectivity index (χ1v) is 7.14. The zero-order valence-corrected chi connectivity index (χ0v) is 11.8. The first-order chi connectivity index (χ1) is 8.70. The lowest BCUT2D eigenvalue weighted by atomic mass is 9.89. The molecule has 4 heteroatoms. The Kier molecular flexibility index (Phi) is 4.84. The Hall–Kier alpha value is -0.800. The lowest BCUT2D eigenvalue weighted by Crippen LogP contribution is -2.27. The van der Waals surface area contributed by atoms with E-state index in [-0.39, 0.29) is 0 Å². The number of hydrogen-bond acceptors (Lipinski definition) is 3. The van der Waals surface area contributed by atoms with Crippen molar-refractivity contribution in [1.82, 2.24) is 4.98 Å². The van der Waals surface area contributed by atoms with Crippen molar-refractivity contribution in [2.45, 2.75) is 38.6 Å². The van der Waals surface area contributed by atoms with Crippen LogP contribution >= 0.6 is 11.6 Å². The third-order valence-electron chi connectivity index (χ3n) is 3.73. The number of aromatic nitrogens is 1. The van der Waals surface area contributed by atoms with Crippen molar-refractivity contribution in [3.8, 4) is 0 Å². The Morgan fingerprint density at radius 3 is 2.72 bits per heavy atom. The number of halogens is 1. The average molecular weight is 268 g/mol. The second kappa shape index (κ2) is 6.39. The normalized spacial score (nSPS) is 16.8. The summed E-state index contributed by atoms with van der Waals surface area (Å²) in [5, 5.41) is 0.705. The summed E-state index contributed by atoms with van der Waals surface area (Å²) in [6, 6.07) is 1.92. The van der Waals surface area contributed by atoms with Crippen LogP contribution in [-0.4, -0.2) is 18.6 Å². The molecule has 0 atom stereocenters. The minimum Gasteiger partial charge on any atom is -0.358 e. The molecule has 1 aliphatic carbocycles. The third kappa shape index (κ3) is 3.36. The summed E-state index contributed by atoms with van der Waals surface area (Å²) in [6.07, 6.45) is 8.62. The number of rotatable bonds is 4. The lowest BCUT2D eigenvalue weighted by molar-refractivity contribution is 0.361. The van der Waals surface area contributed by atoms with E-state index in [4.69, 9.17) is 17.3 Å². The van der Waals surface area contributed by atoms with Gasteiger partial charge < -0.3 is 10.6 Å². The summed E-state index contributed by atoms with van der Waals surface area (Å²) in [5.74, 6) is 1.66. The third-order valence-corrected chi connectivity index (χ3v) is 4.01. The van der Waals surface area contributed by atoms with Gasteiger partial charge in [-0.05, 0) is 30.4 Å². The molecule has 0 aromatic carbocycles. The van der Waals surface area contributed by atoms with Crippen LogP contribution in [0, 0.1) is 5.92 Å². The Morgan fingerprint density at radius 1 is 1.39 bits per heavy atom. The second-order valence-electron chi connectivity index (χ2n) is 5.24. The number of anilines is 1. The van der Waals surface area contributed by atoms with Crippen molar-refractivity contribution in [3.05, 3.63) is 22.8 Å². The molecule has 0 saturated heterocycles. The molecule has 1 fully saturated rings. The summed E-state index contributed by atoms with van der Waals surface area (Å²) in [7, 11) is 2.07. The fraction of sp³-hybridized carbons (Fsp3) is 0.643. The maximum atomic E-state index is 6.26. The van der Waals surface area contributed by atoms with Crippen LogP contribution in [0.5, 0.6) is 0 Å². The molecule has 0 amide bonds. The minimum atomic E-state index is 0.485. The first kappa shape index (κ1) is 13.6. The molecule has 1 aromatic rings. The summed E-state index contributed by atoms with van der Waals surface area (Å²) in [4.78, 5) is 6.61. The molecule has 2 N–H and O–H groups in total. The number of pyridine rings is 1. The molecule has 18 heavy (non-hydrogen) atoms. The molecule has 0 unspecified atom stereocenters. The monoisotopic (exact) mass is 267 g/mol. The van der Waals surface area contributed by atoms with E-state index in [2.05, 4.69) is 16.9 Å². The van der Waals surface area contributed by atoms with Gasteiger partial charge in [0.25, 0.3) is 0 Å². The van der Waals surface area contributed by atoms with Gasteiger partial charge in [0.2, 0.25) is 0 Å². The molecule has 0 bridgehead atoms. The predicted molar refractivity (Wildman–Crippen MR) is 77.0 cm³/mol. The Bertz CT molecular complexity index is 389. The number of nitrogens with two attached hydrogens (primary N) is 1. The quantitative estimate of drug-likeness (QED) is 0.911. The smallest absolute Gasteiger partial charge is 0.147 e. The van der Waals surface area contributed by atoms with E-state index >= 15 is 0 Å². The van der Waals surface area contributed by atoms with Crippen molar-refractivity contribution < 1.29 is 0 Å². The molecular weight excluding hydrogens is 246 g/mol. The molecule has 0 aliphatic heterocycles. The molecule has 1 saturated carbocycles. The molecule has 2 rings (SSSR count).